The summed E-state index contributed by atoms with van der Waals surface area (Å²) in [5.41, 5.74) is 0.238. The molecule has 2 saturated carbocycles. The molecular formula is C17H16F2O10S2. The van der Waals surface area contributed by atoms with Gasteiger partial charge in [0, 0.05) is 11.8 Å². The van der Waals surface area contributed by atoms with Crippen LogP contribution in [0.3, 0.4) is 0 Å². The second kappa shape index (κ2) is 7.18. The fourth-order valence-electron chi connectivity index (χ4n) is 4.31. The normalized spacial score (nSPS) is 30.9. The first-order valence-electron chi connectivity index (χ1n) is 9.05. The van der Waals surface area contributed by atoms with Gasteiger partial charge in [0.25, 0.3) is 10.1 Å². The molecule has 0 aromatic heterocycles. The summed E-state index contributed by atoms with van der Waals surface area (Å²) in [6, 6.07) is 5.08. The lowest BCUT2D eigenvalue weighted by molar-refractivity contribution is -0.162. The second-order valence-corrected chi connectivity index (χ2v) is 10.9. The van der Waals surface area contributed by atoms with Crippen molar-refractivity contribution >= 4 is 32.2 Å². The van der Waals surface area contributed by atoms with E-state index in [-0.39, 0.29) is 23.0 Å². The van der Waals surface area contributed by atoms with Gasteiger partial charge in [0.05, 0.1) is 10.8 Å². The van der Waals surface area contributed by atoms with Gasteiger partial charge in [-0.05, 0) is 30.5 Å². The van der Waals surface area contributed by atoms with Gasteiger partial charge in [0.15, 0.2) is 0 Å². The molecule has 1 aromatic carbocycles. The monoisotopic (exact) mass is 482 g/mol. The minimum atomic E-state index is -5.97. The molecule has 1 saturated heterocycles. The quantitative estimate of drug-likeness (QED) is 0.351. The van der Waals surface area contributed by atoms with E-state index in [0.29, 0.717) is 12.8 Å². The summed E-state index contributed by atoms with van der Waals surface area (Å²) in [6.45, 7) is -0.735. The van der Waals surface area contributed by atoms with Crippen LogP contribution in [0.5, 0.6) is 0 Å². The maximum absolute atomic E-state index is 13.1. The average molecular weight is 482 g/mol. The van der Waals surface area contributed by atoms with Crippen LogP contribution in [0, 0.1) is 11.8 Å². The summed E-state index contributed by atoms with van der Waals surface area (Å²) in [6.07, 6.45) is -0.402. The highest BCUT2D eigenvalue weighted by atomic mass is 32.2. The lowest BCUT2D eigenvalue weighted by Crippen LogP contribution is -2.38. The lowest BCUT2D eigenvalue weighted by atomic mass is 9.94. The first-order chi connectivity index (χ1) is 14.3. The third-order valence-corrected chi connectivity index (χ3v) is 8.37. The fourth-order valence-corrected chi connectivity index (χ4v) is 6.46. The summed E-state index contributed by atoms with van der Waals surface area (Å²) < 4.78 is 94.4. The van der Waals surface area contributed by atoms with Crippen molar-refractivity contribution in [3.05, 3.63) is 35.4 Å². The molecule has 1 heterocycles. The summed E-state index contributed by atoms with van der Waals surface area (Å²) >= 11 is 0. The van der Waals surface area contributed by atoms with Crippen LogP contribution in [-0.2, 0) is 45.3 Å². The Balaban J connectivity index is 1.36. The number of hydrogen-bond acceptors (Lipinski definition) is 9. The van der Waals surface area contributed by atoms with Crippen molar-refractivity contribution in [2.75, 3.05) is 0 Å². The maximum Gasteiger partial charge on any atom is 0.465 e. The smallest absolute Gasteiger partial charge is 0.456 e. The molecule has 5 atom stereocenters. The van der Waals surface area contributed by atoms with E-state index in [9.17, 15) is 35.2 Å². The minimum absolute atomic E-state index is 0.0820. The van der Waals surface area contributed by atoms with Crippen molar-refractivity contribution < 1.29 is 53.4 Å². The van der Waals surface area contributed by atoms with Gasteiger partial charge in [-0.25, -0.2) is 9.59 Å². The van der Waals surface area contributed by atoms with Crippen LogP contribution in [0.4, 0.5) is 8.78 Å². The Kier molecular flexibility index (Phi) is 5.11. The highest BCUT2D eigenvalue weighted by Crippen LogP contribution is 2.55. The molecule has 2 aliphatic carbocycles. The minimum Gasteiger partial charge on any atom is -0.456 e. The van der Waals surface area contributed by atoms with E-state index in [4.69, 9.17) is 13.5 Å². The summed E-state index contributed by atoms with van der Waals surface area (Å²) in [5, 5.41) is -5.65. The van der Waals surface area contributed by atoms with E-state index in [2.05, 4.69) is 4.74 Å². The largest absolute Gasteiger partial charge is 0.465 e. The van der Waals surface area contributed by atoms with Crippen LogP contribution in [0.2, 0.25) is 0 Å². The first-order valence-corrected chi connectivity index (χ1v) is 12.0. The van der Waals surface area contributed by atoms with Crippen molar-refractivity contribution in [1.82, 2.24) is 0 Å². The molecule has 0 radical (unpaired) electrons. The van der Waals surface area contributed by atoms with Crippen molar-refractivity contribution in [2.45, 2.75) is 42.2 Å². The SMILES string of the molecule is O=C(OC1C2CC3C1OS(=O)(=O)C3C2)c1ccc(COC(=O)C(F)(F)S(=O)(=O)O)cc1. The highest BCUT2D eigenvalue weighted by molar-refractivity contribution is 7.88. The Bertz CT molecular complexity index is 1130. The molecule has 5 unspecified atom stereocenters. The van der Waals surface area contributed by atoms with Gasteiger partial charge in [-0.2, -0.15) is 25.6 Å². The highest BCUT2D eigenvalue weighted by Gasteiger charge is 2.65. The molecule has 3 fully saturated rings. The van der Waals surface area contributed by atoms with Gasteiger partial charge in [-0.15, -0.1) is 0 Å². The number of carbonyl (C=O) groups excluding carboxylic acids is 2. The number of halogens is 2. The van der Waals surface area contributed by atoms with Crippen molar-refractivity contribution in [3.8, 4) is 0 Å². The van der Waals surface area contributed by atoms with Gasteiger partial charge in [-0.3, -0.25) is 8.74 Å². The zero-order valence-corrected chi connectivity index (χ0v) is 17.1. The Labute approximate surface area is 175 Å². The third-order valence-electron chi connectivity index (χ3n) is 5.78. The Morgan fingerprint density at radius 1 is 1.19 bits per heavy atom. The first kappa shape index (κ1) is 22.0. The van der Waals surface area contributed by atoms with Gasteiger partial charge in [-0.1, -0.05) is 12.1 Å². The average Bonchev–Trinajstić information content (AvgIpc) is 3.30. The van der Waals surface area contributed by atoms with Crippen molar-refractivity contribution in [3.63, 3.8) is 0 Å². The van der Waals surface area contributed by atoms with Crippen LogP contribution in [0.1, 0.15) is 28.8 Å². The van der Waals surface area contributed by atoms with Crippen molar-refractivity contribution in [1.29, 1.82) is 0 Å². The molecule has 4 rings (SSSR count). The number of hydrogen-bond donors (Lipinski definition) is 1. The Hall–Kier alpha value is -2.16. The number of fused-ring (bicyclic) bond motifs is 1. The summed E-state index contributed by atoms with van der Waals surface area (Å²) in [4.78, 5) is 23.6. The van der Waals surface area contributed by atoms with E-state index in [0.717, 1.165) is 0 Å². The summed E-state index contributed by atoms with van der Waals surface area (Å²) in [7, 11) is -9.61. The number of alkyl halides is 2. The molecule has 1 N–H and O–H groups in total. The molecule has 0 spiro atoms. The Morgan fingerprint density at radius 3 is 2.45 bits per heavy atom. The zero-order valence-electron chi connectivity index (χ0n) is 15.5. The predicted molar refractivity (Wildman–Crippen MR) is 95.7 cm³/mol. The molecule has 1 aromatic rings. The van der Waals surface area contributed by atoms with Crippen LogP contribution >= 0.6 is 0 Å². The molecule has 1 aliphatic heterocycles. The number of esters is 2. The third kappa shape index (κ3) is 3.70. The van der Waals surface area contributed by atoms with Crippen LogP contribution < -0.4 is 0 Å². The van der Waals surface area contributed by atoms with E-state index in [1.54, 1.807) is 0 Å². The van der Waals surface area contributed by atoms with Crippen LogP contribution in [0.25, 0.3) is 0 Å². The molecule has 14 heteroatoms. The molecule has 170 valence electrons. The van der Waals surface area contributed by atoms with E-state index < -0.39 is 61.5 Å². The molecular weight excluding hydrogens is 466 g/mol. The Morgan fingerprint density at radius 2 is 1.84 bits per heavy atom. The maximum atomic E-state index is 13.1. The molecule has 31 heavy (non-hydrogen) atoms. The van der Waals surface area contributed by atoms with Gasteiger partial charge < -0.3 is 9.47 Å². The fraction of sp³-hybridized carbons (Fsp3) is 0.529. The number of rotatable bonds is 6. The zero-order chi connectivity index (χ0) is 22.8. The molecule has 10 nitrogen and oxygen atoms in total. The summed E-state index contributed by atoms with van der Waals surface area (Å²) in [5.74, 6) is -3.47. The lowest BCUT2D eigenvalue weighted by Gasteiger charge is -2.24. The van der Waals surface area contributed by atoms with Crippen molar-refractivity contribution in [2.24, 2.45) is 11.8 Å². The van der Waals surface area contributed by atoms with Gasteiger partial charge in [0.1, 0.15) is 18.8 Å². The predicted octanol–water partition coefficient (Wildman–Crippen LogP) is 0.873. The molecule has 3 aliphatic rings. The number of carbonyl (C=O) groups is 2. The van der Waals surface area contributed by atoms with E-state index in [1.165, 1.54) is 24.3 Å². The second-order valence-electron chi connectivity index (χ2n) is 7.62. The van der Waals surface area contributed by atoms with Gasteiger partial charge in [0.2, 0.25) is 0 Å². The van der Waals surface area contributed by atoms with Crippen LogP contribution in [0.15, 0.2) is 24.3 Å². The van der Waals surface area contributed by atoms with Crippen LogP contribution in [-0.4, -0.2) is 56.0 Å². The molecule has 2 bridgehead atoms. The number of benzene rings is 1. The standard InChI is InChI=1S/C17H16F2O10S2/c18-17(19,31(24,25)26)16(21)27-7-8-1-3-9(4-2-8)15(20)28-13-10-5-11-12(6-10)30(22,23)29-14(11)13/h1-4,10-14H,5-7H2,(H,24,25,26). The van der Waals surface area contributed by atoms with Gasteiger partial charge >= 0.3 is 27.3 Å². The number of ether oxygens (including phenoxy) is 2. The van der Waals surface area contributed by atoms with E-state index >= 15 is 0 Å². The molecule has 0 amide bonds. The topological polar surface area (TPSA) is 150 Å². The van der Waals surface area contributed by atoms with E-state index in [1.807, 2.05) is 0 Å².